The third-order valence-corrected chi connectivity index (χ3v) is 8.95. The van der Waals surface area contributed by atoms with Crippen molar-refractivity contribution in [3.63, 3.8) is 0 Å². The number of nitrogens with zero attached hydrogens (tertiary/aromatic N) is 1. The zero-order chi connectivity index (χ0) is 25.4. The van der Waals surface area contributed by atoms with Crippen molar-refractivity contribution in [1.82, 2.24) is 10.2 Å². The van der Waals surface area contributed by atoms with E-state index in [1.54, 1.807) is 0 Å². The van der Waals surface area contributed by atoms with Gasteiger partial charge in [-0.15, -0.1) is 0 Å². The van der Waals surface area contributed by atoms with Crippen molar-refractivity contribution in [3.8, 4) is 0 Å². The minimum atomic E-state index is -0.167. The molecule has 37 heavy (non-hydrogen) atoms. The van der Waals surface area contributed by atoms with E-state index >= 15 is 0 Å². The lowest BCUT2D eigenvalue weighted by Crippen LogP contribution is -2.51. The molecule has 6 atom stereocenters. The number of hydrogen-bond acceptors (Lipinski definition) is 3. The number of amides is 2. The zero-order valence-corrected chi connectivity index (χ0v) is 21.6. The van der Waals surface area contributed by atoms with Crippen LogP contribution in [0.4, 0.5) is 5.69 Å². The molecule has 2 aromatic rings. The number of likely N-dealkylation sites (tertiary alicyclic amines) is 1. The average Bonchev–Trinajstić information content (AvgIpc) is 3.39. The monoisotopic (exact) mass is 495 g/mol. The van der Waals surface area contributed by atoms with E-state index in [2.05, 4.69) is 64.1 Å². The molecule has 5 nitrogen and oxygen atoms in total. The van der Waals surface area contributed by atoms with Gasteiger partial charge in [0.1, 0.15) is 0 Å². The molecule has 0 spiro atoms. The second-order valence-electron chi connectivity index (χ2n) is 11.2. The molecule has 0 aromatic heterocycles. The van der Waals surface area contributed by atoms with E-state index in [-0.39, 0.29) is 29.8 Å². The van der Waals surface area contributed by atoms with Crippen molar-refractivity contribution in [2.24, 2.45) is 17.8 Å². The van der Waals surface area contributed by atoms with Gasteiger partial charge in [-0.1, -0.05) is 73.0 Å². The Hall–Kier alpha value is -3.34. The van der Waals surface area contributed by atoms with E-state index in [4.69, 9.17) is 0 Å². The van der Waals surface area contributed by atoms with Crippen molar-refractivity contribution >= 4 is 17.5 Å². The predicted molar refractivity (Wildman–Crippen MR) is 147 cm³/mol. The predicted octanol–water partition coefficient (Wildman–Crippen LogP) is 5.80. The van der Waals surface area contributed by atoms with Crippen LogP contribution in [0.2, 0.25) is 0 Å². The fraction of sp³-hybridized carbons (Fsp3) is 0.438. The lowest BCUT2D eigenvalue weighted by atomic mass is 9.75. The Morgan fingerprint density at radius 3 is 2.70 bits per heavy atom. The summed E-state index contributed by atoms with van der Waals surface area (Å²) in [5, 5.41) is 7.11. The van der Waals surface area contributed by atoms with E-state index in [0.29, 0.717) is 23.4 Å². The summed E-state index contributed by atoms with van der Waals surface area (Å²) in [5.74, 6) is 0.786. The highest BCUT2D eigenvalue weighted by Crippen LogP contribution is 2.49. The van der Waals surface area contributed by atoms with Gasteiger partial charge in [-0.2, -0.15) is 0 Å². The Morgan fingerprint density at radius 1 is 1.00 bits per heavy atom. The Morgan fingerprint density at radius 2 is 1.86 bits per heavy atom. The minimum Gasteiger partial charge on any atom is -0.381 e. The van der Waals surface area contributed by atoms with Crippen LogP contribution in [0.3, 0.4) is 0 Å². The third-order valence-electron chi connectivity index (χ3n) is 8.95. The van der Waals surface area contributed by atoms with Gasteiger partial charge in [0, 0.05) is 41.7 Å². The number of nitrogens with one attached hydrogen (secondary N) is 2. The smallest absolute Gasteiger partial charge is 0.251 e. The third kappa shape index (κ3) is 4.60. The van der Waals surface area contributed by atoms with E-state index in [0.717, 1.165) is 56.3 Å². The molecule has 4 aliphatic rings. The number of rotatable bonds is 4. The van der Waals surface area contributed by atoms with E-state index in [9.17, 15) is 9.59 Å². The Balaban J connectivity index is 1.25. The molecule has 2 amide bonds. The van der Waals surface area contributed by atoms with Crippen LogP contribution < -0.4 is 10.6 Å². The number of carbonyl (C=O) groups is 2. The number of para-hydroxylation sites is 1. The molecule has 6 rings (SSSR count). The van der Waals surface area contributed by atoms with Gasteiger partial charge >= 0.3 is 0 Å². The molecule has 2 heterocycles. The summed E-state index contributed by atoms with van der Waals surface area (Å²) in [5.41, 5.74) is 4.13. The first-order valence-corrected chi connectivity index (χ1v) is 14.0. The lowest BCUT2D eigenvalue weighted by Gasteiger charge is -2.44. The van der Waals surface area contributed by atoms with Gasteiger partial charge in [0.05, 0.1) is 12.0 Å². The summed E-state index contributed by atoms with van der Waals surface area (Å²) in [6, 6.07) is 16.5. The van der Waals surface area contributed by atoms with Crippen molar-refractivity contribution in [1.29, 1.82) is 0 Å². The standard InChI is InChI=1S/C32H37N3O2/c1-21-10-9-13-23(20-21)31(36)34-28-17-8-6-15-25(28)32(37)35-19-18-26-29(22-11-3-2-4-12-22)33-27-16-7-5-14-24(27)30(26)35/h2-5,7,9-11,13-14,16,20,22,25-26,28-30,33H,6,8,12,15,17-19H2,1H3,(H,34,36)/t22?,25-,26+,28+,29-,30-/m0/s1. The molecule has 1 unspecified atom stereocenters. The lowest BCUT2D eigenvalue weighted by molar-refractivity contribution is -0.139. The van der Waals surface area contributed by atoms with Crippen LogP contribution in [0.5, 0.6) is 0 Å². The molecule has 2 aliphatic heterocycles. The van der Waals surface area contributed by atoms with E-state index in [1.807, 2.05) is 31.2 Å². The van der Waals surface area contributed by atoms with Crippen LogP contribution in [0, 0.1) is 24.7 Å². The maximum absolute atomic E-state index is 14.3. The van der Waals surface area contributed by atoms with Crippen molar-refractivity contribution in [2.75, 3.05) is 11.9 Å². The van der Waals surface area contributed by atoms with Gasteiger partial charge in [-0.25, -0.2) is 0 Å². The number of aryl methyl sites for hydroxylation is 1. The molecule has 2 N–H and O–H groups in total. The molecule has 2 aliphatic carbocycles. The summed E-state index contributed by atoms with van der Waals surface area (Å²) < 4.78 is 0. The quantitative estimate of drug-likeness (QED) is 0.564. The van der Waals surface area contributed by atoms with Crippen LogP contribution in [0.25, 0.3) is 0 Å². The van der Waals surface area contributed by atoms with Gasteiger partial charge in [-0.05, 0) is 56.4 Å². The summed E-state index contributed by atoms with van der Waals surface area (Å²) in [6.07, 6.45) is 14.7. The summed E-state index contributed by atoms with van der Waals surface area (Å²) >= 11 is 0. The number of anilines is 1. The maximum atomic E-state index is 14.3. The van der Waals surface area contributed by atoms with Crippen molar-refractivity contribution < 1.29 is 9.59 Å². The molecule has 0 radical (unpaired) electrons. The highest BCUT2D eigenvalue weighted by Gasteiger charge is 2.49. The molecular formula is C32H37N3O2. The van der Waals surface area contributed by atoms with E-state index in [1.165, 1.54) is 5.56 Å². The van der Waals surface area contributed by atoms with Crippen LogP contribution in [0.1, 0.15) is 66.1 Å². The Bertz CT molecular complexity index is 1230. The SMILES string of the molecule is Cc1cccc(C(=O)N[C@@H]2CCCC[C@@H]2C(=O)N2CC[C@@H]3[C@H](C4C=CC=CC4)Nc4ccccc4[C@@H]32)c1. The van der Waals surface area contributed by atoms with Crippen molar-refractivity contribution in [2.45, 2.75) is 63.6 Å². The largest absolute Gasteiger partial charge is 0.381 e. The van der Waals surface area contributed by atoms with Crippen LogP contribution in [0.15, 0.2) is 72.8 Å². The maximum Gasteiger partial charge on any atom is 0.251 e. The summed E-state index contributed by atoms with van der Waals surface area (Å²) in [7, 11) is 0. The summed E-state index contributed by atoms with van der Waals surface area (Å²) in [4.78, 5) is 29.5. The second kappa shape index (κ2) is 10.2. The molecule has 5 heteroatoms. The number of hydrogen-bond donors (Lipinski definition) is 2. The van der Waals surface area contributed by atoms with Gasteiger partial charge < -0.3 is 15.5 Å². The first-order valence-electron chi connectivity index (χ1n) is 14.0. The first kappa shape index (κ1) is 24.0. The number of carbonyl (C=O) groups excluding carboxylic acids is 2. The molecule has 1 saturated carbocycles. The van der Waals surface area contributed by atoms with Gasteiger partial charge in [0.25, 0.3) is 5.91 Å². The molecular weight excluding hydrogens is 458 g/mol. The minimum absolute atomic E-state index is 0.0721. The summed E-state index contributed by atoms with van der Waals surface area (Å²) in [6.45, 7) is 2.78. The Labute approximate surface area is 220 Å². The van der Waals surface area contributed by atoms with Gasteiger partial charge in [0.2, 0.25) is 5.91 Å². The molecule has 1 saturated heterocycles. The number of benzene rings is 2. The highest BCUT2D eigenvalue weighted by molar-refractivity contribution is 5.95. The Kier molecular flexibility index (Phi) is 6.62. The fourth-order valence-electron chi connectivity index (χ4n) is 7.15. The fourth-order valence-corrected chi connectivity index (χ4v) is 7.15. The first-order chi connectivity index (χ1) is 18.1. The number of fused-ring (bicyclic) bond motifs is 3. The number of allylic oxidation sites excluding steroid dienone is 3. The van der Waals surface area contributed by atoms with Crippen molar-refractivity contribution in [3.05, 3.63) is 89.5 Å². The van der Waals surface area contributed by atoms with Crippen LogP contribution >= 0.6 is 0 Å². The van der Waals surface area contributed by atoms with Crippen LogP contribution in [-0.4, -0.2) is 35.3 Å². The average molecular weight is 496 g/mol. The van der Waals surface area contributed by atoms with Gasteiger partial charge in [-0.3, -0.25) is 9.59 Å². The molecule has 2 aromatic carbocycles. The zero-order valence-electron chi connectivity index (χ0n) is 21.6. The molecule has 192 valence electrons. The van der Waals surface area contributed by atoms with Gasteiger partial charge in [0.15, 0.2) is 0 Å². The molecule has 2 fully saturated rings. The normalized spacial score (nSPS) is 30.2. The topological polar surface area (TPSA) is 61.4 Å². The second-order valence-corrected chi connectivity index (χ2v) is 11.2. The van der Waals surface area contributed by atoms with E-state index < -0.39 is 0 Å². The highest BCUT2D eigenvalue weighted by atomic mass is 16.2. The van der Waals surface area contributed by atoms with Crippen LogP contribution in [-0.2, 0) is 4.79 Å². The molecule has 0 bridgehead atoms.